The summed E-state index contributed by atoms with van der Waals surface area (Å²) in [5.74, 6) is 0. The molecule has 0 unspecified atom stereocenters. The molecule has 3 nitrogen and oxygen atoms in total. The largest absolute Gasteiger partial charge is 0.309 e. The summed E-state index contributed by atoms with van der Waals surface area (Å²) in [5, 5.41) is 3.65. The number of fused-ring (bicyclic) bond motifs is 6. The maximum Gasteiger partial charge on any atom is 0.0963 e. The maximum atomic E-state index is 5.05. The van der Waals surface area contributed by atoms with Crippen molar-refractivity contribution in [2.45, 2.75) is 0 Å². The minimum absolute atomic E-state index is 1.02. The van der Waals surface area contributed by atoms with Crippen molar-refractivity contribution in [3.63, 3.8) is 0 Å². The van der Waals surface area contributed by atoms with Crippen molar-refractivity contribution in [2.24, 2.45) is 0 Å². The van der Waals surface area contributed by atoms with Crippen molar-refractivity contribution in [3.05, 3.63) is 164 Å². The van der Waals surface area contributed by atoms with Gasteiger partial charge in [0, 0.05) is 39.3 Å². The highest BCUT2D eigenvalue weighted by molar-refractivity contribution is 6.11. The van der Waals surface area contributed by atoms with Crippen LogP contribution in [-0.2, 0) is 0 Å². The van der Waals surface area contributed by atoms with E-state index in [4.69, 9.17) is 4.98 Å². The average molecular weight is 562 g/mol. The van der Waals surface area contributed by atoms with Crippen molar-refractivity contribution < 1.29 is 0 Å². The number of aromatic nitrogens is 3. The molecule has 6 aromatic carbocycles. The summed E-state index contributed by atoms with van der Waals surface area (Å²) in [4.78, 5) is 5.05. The first kappa shape index (κ1) is 24.6. The molecule has 0 bridgehead atoms. The van der Waals surface area contributed by atoms with E-state index >= 15 is 0 Å². The van der Waals surface area contributed by atoms with Crippen molar-refractivity contribution in [1.29, 1.82) is 0 Å². The molecule has 3 aromatic heterocycles. The summed E-state index contributed by atoms with van der Waals surface area (Å²) in [5.41, 5.74) is 12.6. The second kappa shape index (κ2) is 9.82. The molecule has 0 radical (unpaired) electrons. The van der Waals surface area contributed by atoms with Crippen LogP contribution in [0.5, 0.6) is 0 Å². The van der Waals surface area contributed by atoms with E-state index < -0.39 is 0 Å². The summed E-state index contributed by atoms with van der Waals surface area (Å²) in [6, 6.07) is 56.3. The summed E-state index contributed by atoms with van der Waals surface area (Å²) in [7, 11) is 0. The van der Waals surface area contributed by atoms with Gasteiger partial charge in [-0.05, 0) is 65.2 Å². The van der Waals surface area contributed by atoms with Crippen LogP contribution in [0.25, 0.3) is 77.4 Å². The van der Waals surface area contributed by atoms with Crippen molar-refractivity contribution >= 4 is 43.7 Å². The maximum absolute atomic E-state index is 5.05. The average Bonchev–Trinajstić information content (AvgIpc) is 3.61. The van der Waals surface area contributed by atoms with Crippen LogP contribution in [0, 0.1) is 0 Å². The zero-order valence-electron chi connectivity index (χ0n) is 23.9. The van der Waals surface area contributed by atoms with Crippen molar-refractivity contribution in [1.82, 2.24) is 14.1 Å². The number of pyridine rings is 1. The highest BCUT2D eigenvalue weighted by Crippen LogP contribution is 2.37. The Balaban J connectivity index is 1.24. The number of hydrogen-bond acceptors (Lipinski definition) is 1. The van der Waals surface area contributed by atoms with E-state index in [-0.39, 0.29) is 0 Å². The van der Waals surface area contributed by atoms with Crippen LogP contribution >= 0.6 is 0 Å². The van der Waals surface area contributed by atoms with E-state index in [1.165, 1.54) is 32.9 Å². The molecule has 0 aliphatic heterocycles. The number of rotatable bonds is 4. The fourth-order valence-electron chi connectivity index (χ4n) is 6.70. The Labute approximate surface area is 254 Å². The molecule has 0 N–H and O–H groups in total. The molecule has 0 amide bonds. The molecule has 0 spiro atoms. The number of nitrogens with zero attached hydrogens (tertiary/aromatic N) is 3. The molecule has 0 aliphatic carbocycles. The highest BCUT2D eigenvalue weighted by Gasteiger charge is 2.16. The first-order chi connectivity index (χ1) is 21.8. The van der Waals surface area contributed by atoms with Gasteiger partial charge in [-0.25, -0.2) is 0 Å². The summed E-state index contributed by atoms with van der Waals surface area (Å²) in [6.07, 6.45) is 2.02. The van der Waals surface area contributed by atoms with Gasteiger partial charge in [-0.2, -0.15) is 0 Å². The monoisotopic (exact) mass is 561 g/mol. The molecule has 0 saturated heterocycles. The Bertz CT molecular complexity index is 2470. The van der Waals surface area contributed by atoms with Gasteiger partial charge in [0.05, 0.1) is 27.6 Å². The Morgan fingerprint density at radius 1 is 0.341 bits per heavy atom. The zero-order chi connectivity index (χ0) is 29.0. The van der Waals surface area contributed by atoms with Gasteiger partial charge in [-0.1, -0.05) is 109 Å². The third-order valence-corrected chi connectivity index (χ3v) is 8.76. The molecule has 9 rings (SSSR count). The standard InChI is InChI=1S/C41H27N3/c1-3-11-28(12-4-1)29-19-22-33(23-20-29)43-37-17-9-7-15-34(37)35-24-21-30(25-39(35)43)31-26-40-41(42-27-31)36-16-8-10-18-38(36)44(40)32-13-5-2-6-14-32/h1-27H. The van der Waals surface area contributed by atoms with Crippen LogP contribution < -0.4 is 0 Å². The quantitative estimate of drug-likeness (QED) is 0.210. The minimum atomic E-state index is 1.02. The van der Waals surface area contributed by atoms with Crippen molar-refractivity contribution in [3.8, 4) is 33.6 Å². The second-order valence-electron chi connectivity index (χ2n) is 11.3. The number of para-hydroxylation sites is 3. The summed E-state index contributed by atoms with van der Waals surface area (Å²) < 4.78 is 4.71. The van der Waals surface area contributed by atoms with Gasteiger partial charge in [0.1, 0.15) is 0 Å². The molecule has 0 fully saturated rings. The summed E-state index contributed by atoms with van der Waals surface area (Å²) >= 11 is 0. The predicted octanol–water partition coefficient (Wildman–Crippen LogP) is 10.6. The third kappa shape index (κ3) is 3.80. The van der Waals surface area contributed by atoms with Crippen LogP contribution in [0.2, 0.25) is 0 Å². The SMILES string of the molecule is c1ccc(-c2ccc(-n3c4ccccc4c4ccc(-c5cnc6c7ccccc7n(-c7ccccc7)c6c5)cc43)cc2)cc1. The van der Waals surface area contributed by atoms with Crippen LogP contribution in [0.3, 0.4) is 0 Å². The number of hydrogen-bond donors (Lipinski definition) is 0. The molecule has 9 aromatic rings. The Kier molecular flexibility index (Phi) is 5.50. The Morgan fingerprint density at radius 2 is 0.864 bits per heavy atom. The third-order valence-electron chi connectivity index (χ3n) is 8.76. The first-order valence-electron chi connectivity index (χ1n) is 15.0. The number of benzene rings is 6. The molecule has 3 heterocycles. The van der Waals surface area contributed by atoms with Gasteiger partial charge in [0.15, 0.2) is 0 Å². The van der Waals surface area contributed by atoms with Crippen LogP contribution in [0.4, 0.5) is 0 Å². The topological polar surface area (TPSA) is 22.8 Å². The normalized spacial score (nSPS) is 11.6. The van der Waals surface area contributed by atoms with Crippen molar-refractivity contribution in [2.75, 3.05) is 0 Å². The van der Waals surface area contributed by atoms with E-state index in [1.807, 2.05) is 6.20 Å². The Morgan fingerprint density at radius 3 is 1.64 bits per heavy atom. The molecule has 3 heteroatoms. The molecule has 0 saturated carbocycles. The first-order valence-corrected chi connectivity index (χ1v) is 15.0. The molecule has 0 aliphatic rings. The van der Waals surface area contributed by atoms with E-state index in [9.17, 15) is 0 Å². The lowest BCUT2D eigenvalue weighted by Gasteiger charge is -2.11. The fourth-order valence-corrected chi connectivity index (χ4v) is 6.70. The predicted molar refractivity (Wildman–Crippen MR) is 184 cm³/mol. The van der Waals surface area contributed by atoms with E-state index in [2.05, 4.69) is 167 Å². The van der Waals surface area contributed by atoms with E-state index in [1.54, 1.807) is 0 Å². The fraction of sp³-hybridized carbons (Fsp3) is 0. The summed E-state index contributed by atoms with van der Waals surface area (Å²) in [6.45, 7) is 0. The second-order valence-corrected chi connectivity index (χ2v) is 11.3. The van der Waals surface area contributed by atoms with E-state index in [0.717, 1.165) is 44.4 Å². The molecule has 206 valence electrons. The lowest BCUT2D eigenvalue weighted by atomic mass is 10.0. The Hall–Kier alpha value is -5.93. The molecule has 44 heavy (non-hydrogen) atoms. The van der Waals surface area contributed by atoms with Crippen LogP contribution in [-0.4, -0.2) is 14.1 Å². The minimum Gasteiger partial charge on any atom is -0.309 e. The van der Waals surface area contributed by atoms with Gasteiger partial charge in [-0.15, -0.1) is 0 Å². The van der Waals surface area contributed by atoms with E-state index in [0.29, 0.717) is 0 Å². The van der Waals surface area contributed by atoms with Gasteiger partial charge in [0.25, 0.3) is 0 Å². The van der Waals surface area contributed by atoms with Gasteiger partial charge in [-0.3, -0.25) is 4.98 Å². The van der Waals surface area contributed by atoms with Crippen LogP contribution in [0.15, 0.2) is 164 Å². The van der Waals surface area contributed by atoms with Gasteiger partial charge < -0.3 is 9.13 Å². The lowest BCUT2D eigenvalue weighted by Crippen LogP contribution is -1.95. The smallest absolute Gasteiger partial charge is 0.0963 e. The van der Waals surface area contributed by atoms with Crippen LogP contribution in [0.1, 0.15) is 0 Å². The zero-order valence-corrected chi connectivity index (χ0v) is 23.9. The molecular formula is C41H27N3. The molecular weight excluding hydrogens is 534 g/mol. The molecule has 0 atom stereocenters. The lowest BCUT2D eigenvalue weighted by molar-refractivity contribution is 1.17. The van der Waals surface area contributed by atoms with Gasteiger partial charge >= 0.3 is 0 Å². The van der Waals surface area contributed by atoms with Gasteiger partial charge in [0.2, 0.25) is 0 Å². The highest BCUT2D eigenvalue weighted by atomic mass is 15.0.